The van der Waals surface area contributed by atoms with Gasteiger partial charge in [0, 0.05) is 0 Å². The van der Waals surface area contributed by atoms with Gasteiger partial charge in [-0.1, -0.05) is 0 Å². The van der Waals surface area contributed by atoms with Gasteiger partial charge in [-0.15, -0.1) is 0 Å². The first-order valence-electron chi connectivity index (χ1n) is 1.16. The first kappa shape index (κ1) is 10.6. The summed E-state index contributed by atoms with van der Waals surface area (Å²) >= 11 is -0.125. The van der Waals surface area contributed by atoms with Crippen molar-refractivity contribution in [3.8, 4) is 0 Å². The van der Waals surface area contributed by atoms with Crippen LogP contribution >= 0.6 is 0 Å². The van der Waals surface area contributed by atoms with Crippen molar-refractivity contribution in [1.29, 1.82) is 0 Å². The van der Waals surface area contributed by atoms with E-state index in [1.54, 1.807) is 0 Å². The van der Waals surface area contributed by atoms with Crippen LogP contribution in [-0.4, -0.2) is 28.2 Å². The zero-order valence-electron chi connectivity index (χ0n) is 3.37. The first-order chi connectivity index (χ1) is 3.00. The monoisotopic (exact) mass is 179 g/mol. The zero-order valence-corrected chi connectivity index (χ0v) is 7.34. The van der Waals surface area contributed by atoms with E-state index in [9.17, 15) is 3.32 Å². The van der Waals surface area contributed by atoms with Crippen LogP contribution in [0.5, 0.6) is 0 Å². The van der Waals surface area contributed by atoms with Gasteiger partial charge < -0.3 is 19.2 Å². The molecular weight excluding hydrogens is 176 g/mol. The molecule has 0 fully saturated rings. The standard InChI is InChI=1S/FH.H4O4Si.Zn/c;1-5(2,3)4;/h1H;1-4H;/q;;+1/p-1. The molecule has 0 aromatic carbocycles. The van der Waals surface area contributed by atoms with Crippen molar-refractivity contribution in [3.05, 3.63) is 0 Å². The van der Waals surface area contributed by atoms with Crippen molar-refractivity contribution in [2.45, 2.75) is 0 Å². The van der Waals surface area contributed by atoms with Crippen molar-refractivity contribution in [1.82, 2.24) is 0 Å². The molecule has 4 N–H and O–H groups in total. The second kappa shape index (κ2) is 4.76. The second-order valence-corrected chi connectivity index (χ2v) is 1.80. The van der Waals surface area contributed by atoms with Gasteiger partial charge in [0.05, 0.1) is 0 Å². The van der Waals surface area contributed by atoms with Gasteiger partial charge in [0.2, 0.25) is 0 Å². The average molecular weight is 181 g/mol. The molecule has 4 nitrogen and oxygen atoms in total. The zero-order chi connectivity index (χ0) is 6.50. The molecular formula is H4FO4SiZn. The van der Waals surface area contributed by atoms with Crippen LogP contribution in [0.15, 0.2) is 0 Å². The molecule has 0 radical (unpaired) electrons. The van der Waals surface area contributed by atoms with Crippen LogP contribution in [0.3, 0.4) is 0 Å². The molecule has 7 heavy (non-hydrogen) atoms. The molecule has 7 heteroatoms. The maximum absolute atomic E-state index is 9.62. The molecule has 0 aliphatic carbocycles. The molecule has 0 aliphatic heterocycles. The van der Waals surface area contributed by atoms with Gasteiger partial charge in [0.1, 0.15) is 0 Å². The number of hydrogen-bond acceptors (Lipinski definition) is 4. The van der Waals surface area contributed by atoms with E-state index < -0.39 is 9.05 Å². The third kappa shape index (κ3) is 377. The summed E-state index contributed by atoms with van der Waals surface area (Å²) in [5.74, 6) is 0. The van der Waals surface area contributed by atoms with E-state index in [-0.39, 0.29) is 18.8 Å². The molecule has 0 aromatic rings. The third-order valence-corrected chi connectivity index (χ3v) is 0. The van der Waals surface area contributed by atoms with E-state index in [1.165, 1.54) is 0 Å². The molecule has 0 rings (SSSR count). The molecule has 0 aromatic heterocycles. The van der Waals surface area contributed by atoms with Crippen molar-refractivity contribution in [2.24, 2.45) is 0 Å². The van der Waals surface area contributed by atoms with E-state index in [1.807, 2.05) is 0 Å². The van der Waals surface area contributed by atoms with Gasteiger partial charge >= 0.3 is 31.2 Å². The fraction of sp³-hybridized carbons (Fsp3) is 0. The van der Waals surface area contributed by atoms with Gasteiger partial charge in [-0.2, -0.15) is 0 Å². The average Bonchev–Trinajstić information content (AvgIpc) is 1.36. The summed E-state index contributed by atoms with van der Waals surface area (Å²) in [6, 6.07) is 0. The van der Waals surface area contributed by atoms with E-state index in [2.05, 4.69) is 0 Å². The quantitative estimate of drug-likeness (QED) is 0.319. The van der Waals surface area contributed by atoms with Crippen molar-refractivity contribution < 1.29 is 41.3 Å². The van der Waals surface area contributed by atoms with E-state index in [0.29, 0.717) is 0 Å². The Kier molecular flexibility index (Phi) is 7.19. The molecule has 0 heterocycles. The Labute approximate surface area is 51.0 Å². The molecule has 0 amide bonds. The first-order valence-corrected chi connectivity index (χ1v) is 4.07. The topological polar surface area (TPSA) is 80.9 Å². The molecule has 0 unspecified atom stereocenters. The van der Waals surface area contributed by atoms with Gasteiger partial charge in [0.25, 0.3) is 0 Å². The number of rotatable bonds is 0. The summed E-state index contributed by atoms with van der Waals surface area (Å²) < 4.78 is 9.62. The minimum absolute atomic E-state index is 0.125. The molecule has 0 atom stereocenters. The van der Waals surface area contributed by atoms with Crippen LogP contribution in [0.25, 0.3) is 0 Å². The summed E-state index contributed by atoms with van der Waals surface area (Å²) in [7, 11) is -4.61. The summed E-state index contributed by atoms with van der Waals surface area (Å²) in [6.07, 6.45) is 0. The Morgan fingerprint density at radius 1 is 1.00 bits per heavy atom. The third-order valence-electron chi connectivity index (χ3n) is 0. The van der Waals surface area contributed by atoms with Gasteiger partial charge in [0.15, 0.2) is 0 Å². The number of halogens is 1. The Hall–Kier alpha value is 0.610. The van der Waals surface area contributed by atoms with E-state index in [0.717, 1.165) is 0 Å². The Morgan fingerprint density at radius 3 is 1.00 bits per heavy atom. The van der Waals surface area contributed by atoms with Crippen LogP contribution in [0.4, 0.5) is 3.32 Å². The molecule has 0 saturated heterocycles. The molecule has 0 saturated carbocycles. The van der Waals surface area contributed by atoms with Crippen LogP contribution in [-0.2, 0) is 18.8 Å². The van der Waals surface area contributed by atoms with Crippen LogP contribution in [0.1, 0.15) is 0 Å². The molecule has 0 bridgehead atoms. The van der Waals surface area contributed by atoms with Gasteiger partial charge in [-0.25, -0.2) is 0 Å². The van der Waals surface area contributed by atoms with Crippen molar-refractivity contribution in [2.75, 3.05) is 0 Å². The fourth-order valence-electron chi connectivity index (χ4n) is 0. The Morgan fingerprint density at radius 2 is 1.00 bits per heavy atom. The minimum atomic E-state index is -4.61. The fourth-order valence-corrected chi connectivity index (χ4v) is 0. The van der Waals surface area contributed by atoms with Crippen molar-refractivity contribution >= 4 is 9.05 Å². The van der Waals surface area contributed by atoms with Gasteiger partial charge in [-0.05, 0) is 0 Å². The predicted octanol–water partition coefficient (Wildman–Crippen LogP) is -2.19. The van der Waals surface area contributed by atoms with Crippen LogP contribution in [0, 0.1) is 0 Å². The molecule has 0 aliphatic rings. The second-order valence-electron chi connectivity index (χ2n) is 0.600. The molecule has 41 valence electrons. The molecule has 0 spiro atoms. The van der Waals surface area contributed by atoms with Gasteiger partial charge in [-0.3, -0.25) is 0 Å². The summed E-state index contributed by atoms with van der Waals surface area (Å²) in [6.45, 7) is 0. The predicted molar refractivity (Wildman–Crippen MR) is 15.7 cm³/mol. The van der Waals surface area contributed by atoms with E-state index in [4.69, 9.17) is 19.2 Å². The summed E-state index contributed by atoms with van der Waals surface area (Å²) in [5.41, 5.74) is 0. The summed E-state index contributed by atoms with van der Waals surface area (Å²) in [4.78, 5) is 29.3. The maximum atomic E-state index is 9.62. The van der Waals surface area contributed by atoms with Crippen LogP contribution < -0.4 is 0 Å². The van der Waals surface area contributed by atoms with Crippen LogP contribution in [0.2, 0.25) is 0 Å². The normalized spacial score (nSPS) is 9.57. The van der Waals surface area contributed by atoms with Crippen molar-refractivity contribution in [3.63, 3.8) is 0 Å². The number of hydrogen-bond donors (Lipinski definition) is 4. The van der Waals surface area contributed by atoms with E-state index >= 15 is 0 Å². The Balaban J connectivity index is 0. The SMILES string of the molecule is O[Si](O)(O)O.[F][Zn]. The Bertz CT molecular complexity index is 27.2. The summed E-state index contributed by atoms with van der Waals surface area (Å²) in [5, 5.41) is 0.